The van der Waals surface area contributed by atoms with Gasteiger partial charge in [-0.1, -0.05) is 31.2 Å². The van der Waals surface area contributed by atoms with Gasteiger partial charge < -0.3 is 4.74 Å². The monoisotopic (exact) mass is 243 g/mol. The number of hydrogen-bond donors (Lipinski definition) is 0. The van der Waals surface area contributed by atoms with Crippen molar-refractivity contribution in [3.05, 3.63) is 35.4 Å². The number of fused-ring (bicyclic) bond motifs is 3. The van der Waals surface area contributed by atoms with Crippen molar-refractivity contribution in [2.45, 2.75) is 44.8 Å². The molecule has 3 heteroatoms. The second kappa shape index (κ2) is 3.94. The maximum absolute atomic E-state index is 11.9. The van der Waals surface area contributed by atoms with Crippen molar-refractivity contribution in [2.24, 2.45) is 4.99 Å². The largest absolute Gasteiger partial charge is 0.451 e. The maximum Gasteiger partial charge on any atom is 0.331 e. The van der Waals surface area contributed by atoms with Gasteiger partial charge in [-0.05, 0) is 31.7 Å². The number of aliphatic imine (C=N–C) groups is 1. The zero-order chi connectivity index (χ0) is 12.8. The van der Waals surface area contributed by atoms with Crippen molar-refractivity contribution in [2.75, 3.05) is 0 Å². The molecule has 2 atom stereocenters. The van der Waals surface area contributed by atoms with E-state index in [2.05, 4.69) is 17.1 Å². The summed E-state index contributed by atoms with van der Waals surface area (Å²) in [7, 11) is 0. The summed E-state index contributed by atoms with van der Waals surface area (Å²) in [6.45, 7) is 3.94. The van der Waals surface area contributed by atoms with Crippen molar-refractivity contribution in [3.63, 3.8) is 0 Å². The van der Waals surface area contributed by atoms with Gasteiger partial charge in [0.1, 0.15) is 6.04 Å². The summed E-state index contributed by atoms with van der Waals surface area (Å²) in [5, 5.41) is 0. The lowest BCUT2D eigenvalue weighted by molar-refractivity contribution is -0.156. The van der Waals surface area contributed by atoms with Crippen LogP contribution in [-0.2, 0) is 16.0 Å². The molecule has 3 rings (SSSR count). The molecule has 0 saturated carbocycles. The van der Waals surface area contributed by atoms with E-state index in [0.29, 0.717) is 6.42 Å². The second-order valence-corrected chi connectivity index (χ2v) is 5.21. The Balaban J connectivity index is 2.15. The first kappa shape index (κ1) is 11.5. The van der Waals surface area contributed by atoms with Crippen molar-refractivity contribution >= 4 is 11.7 Å². The Bertz CT molecular complexity index is 535. The Morgan fingerprint density at radius 3 is 3.00 bits per heavy atom. The van der Waals surface area contributed by atoms with Crippen LogP contribution in [0.5, 0.6) is 0 Å². The van der Waals surface area contributed by atoms with Crippen LogP contribution in [0.1, 0.15) is 37.8 Å². The molecule has 0 N–H and O–H groups in total. The van der Waals surface area contributed by atoms with Gasteiger partial charge >= 0.3 is 5.97 Å². The van der Waals surface area contributed by atoms with Crippen molar-refractivity contribution < 1.29 is 9.53 Å². The fourth-order valence-electron chi connectivity index (χ4n) is 2.81. The number of aryl methyl sites for hydroxylation is 1. The summed E-state index contributed by atoms with van der Waals surface area (Å²) in [5.74, 6) is -0.178. The van der Waals surface area contributed by atoms with Crippen molar-refractivity contribution in [1.29, 1.82) is 0 Å². The predicted molar refractivity (Wildman–Crippen MR) is 69.9 cm³/mol. The molecule has 0 fully saturated rings. The lowest BCUT2D eigenvalue weighted by atomic mass is 9.78. The molecule has 3 nitrogen and oxygen atoms in total. The Morgan fingerprint density at radius 2 is 2.22 bits per heavy atom. The highest BCUT2D eigenvalue weighted by Crippen LogP contribution is 2.35. The van der Waals surface area contributed by atoms with Gasteiger partial charge in [-0.15, -0.1) is 0 Å². The fourth-order valence-corrected chi connectivity index (χ4v) is 2.81. The smallest absolute Gasteiger partial charge is 0.331 e. The molecular weight excluding hydrogens is 226 g/mol. The molecule has 0 aromatic heterocycles. The van der Waals surface area contributed by atoms with Crippen LogP contribution < -0.4 is 0 Å². The van der Waals surface area contributed by atoms with Crippen LogP contribution in [0.3, 0.4) is 0 Å². The third kappa shape index (κ3) is 1.57. The minimum absolute atomic E-state index is 0.178. The number of carbonyl (C=O) groups excluding carboxylic acids is 1. The molecule has 0 amide bonds. The van der Waals surface area contributed by atoms with Crippen molar-refractivity contribution in [1.82, 2.24) is 0 Å². The molecule has 0 unspecified atom stereocenters. The van der Waals surface area contributed by atoms with Crippen LogP contribution in [0.2, 0.25) is 0 Å². The van der Waals surface area contributed by atoms with E-state index in [1.54, 1.807) is 0 Å². The van der Waals surface area contributed by atoms with Gasteiger partial charge in [0.15, 0.2) is 5.60 Å². The Kier molecular flexibility index (Phi) is 2.51. The zero-order valence-corrected chi connectivity index (χ0v) is 10.8. The van der Waals surface area contributed by atoms with E-state index in [9.17, 15) is 4.79 Å². The van der Waals surface area contributed by atoms with Gasteiger partial charge in [0.2, 0.25) is 0 Å². The minimum Gasteiger partial charge on any atom is -0.451 e. The molecule has 0 bridgehead atoms. The minimum atomic E-state index is -0.531. The molecule has 1 aromatic rings. The molecule has 1 aliphatic heterocycles. The highest BCUT2D eigenvalue weighted by atomic mass is 16.6. The quantitative estimate of drug-likeness (QED) is 0.711. The van der Waals surface area contributed by atoms with Crippen LogP contribution in [0.25, 0.3) is 0 Å². The van der Waals surface area contributed by atoms with E-state index >= 15 is 0 Å². The third-order valence-electron chi connectivity index (χ3n) is 3.91. The van der Waals surface area contributed by atoms with Crippen LogP contribution in [0.4, 0.5) is 0 Å². The van der Waals surface area contributed by atoms with E-state index in [0.717, 1.165) is 24.1 Å². The topological polar surface area (TPSA) is 38.7 Å². The zero-order valence-electron chi connectivity index (χ0n) is 10.8. The maximum atomic E-state index is 11.9. The first-order chi connectivity index (χ1) is 8.64. The number of hydrogen-bond acceptors (Lipinski definition) is 3. The molecule has 0 radical (unpaired) electrons. The standard InChI is InChI=1S/C15H17NO2/c1-3-12-14(17)18-15(2)9-8-10-6-4-5-7-11(10)13(15)16-12/h4-7,12H,3,8-9H2,1-2H3/t12-,15-/m1/s1. The Morgan fingerprint density at radius 1 is 1.44 bits per heavy atom. The first-order valence-electron chi connectivity index (χ1n) is 6.53. The third-order valence-corrected chi connectivity index (χ3v) is 3.91. The van der Waals surface area contributed by atoms with Crippen LogP contribution in [0, 0.1) is 0 Å². The van der Waals surface area contributed by atoms with Gasteiger partial charge in [0.05, 0.1) is 5.71 Å². The van der Waals surface area contributed by atoms with E-state index < -0.39 is 5.60 Å². The molecule has 18 heavy (non-hydrogen) atoms. The average molecular weight is 243 g/mol. The number of nitrogens with zero attached hydrogens (tertiary/aromatic N) is 1. The van der Waals surface area contributed by atoms with Gasteiger partial charge in [-0.3, -0.25) is 4.99 Å². The Labute approximate surface area is 107 Å². The summed E-state index contributed by atoms with van der Waals surface area (Å²) in [4.78, 5) is 16.5. The summed E-state index contributed by atoms with van der Waals surface area (Å²) in [6.07, 6.45) is 2.46. The molecule has 0 spiro atoms. The summed E-state index contributed by atoms with van der Waals surface area (Å²) < 4.78 is 5.67. The normalized spacial score (nSPS) is 30.0. The highest BCUT2D eigenvalue weighted by molar-refractivity contribution is 6.11. The van der Waals surface area contributed by atoms with E-state index in [1.165, 1.54) is 5.56 Å². The molecule has 1 aromatic carbocycles. The van der Waals surface area contributed by atoms with Gasteiger partial charge in [-0.2, -0.15) is 0 Å². The highest BCUT2D eigenvalue weighted by Gasteiger charge is 2.44. The molecule has 94 valence electrons. The summed E-state index contributed by atoms with van der Waals surface area (Å²) >= 11 is 0. The van der Waals surface area contributed by atoms with Gasteiger partial charge in [-0.25, -0.2) is 4.79 Å². The summed E-state index contributed by atoms with van der Waals surface area (Å²) in [6, 6.07) is 7.95. The van der Waals surface area contributed by atoms with E-state index in [4.69, 9.17) is 4.74 Å². The molecular formula is C15H17NO2. The SMILES string of the molecule is CC[C@H]1N=C2c3ccccc3CC[C@@]2(C)OC1=O. The van der Waals surface area contributed by atoms with Crippen LogP contribution in [0.15, 0.2) is 29.3 Å². The number of ether oxygens (including phenoxy) is 1. The molecule has 2 aliphatic rings. The number of esters is 1. The molecule has 1 aliphatic carbocycles. The summed E-state index contributed by atoms with van der Waals surface area (Å²) in [5.41, 5.74) is 2.88. The number of carbonyl (C=O) groups is 1. The second-order valence-electron chi connectivity index (χ2n) is 5.21. The average Bonchev–Trinajstić information content (AvgIpc) is 2.37. The molecule has 1 heterocycles. The van der Waals surface area contributed by atoms with E-state index in [-0.39, 0.29) is 12.0 Å². The van der Waals surface area contributed by atoms with Crippen molar-refractivity contribution in [3.8, 4) is 0 Å². The van der Waals surface area contributed by atoms with Crippen LogP contribution in [-0.4, -0.2) is 23.3 Å². The Hall–Kier alpha value is -1.64. The molecule has 0 saturated heterocycles. The lowest BCUT2D eigenvalue weighted by Gasteiger charge is -2.40. The van der Waals surface area contributed by atoms with Gasteiger partial charge in [0.25, 0.3) is 0 Å². The van der Waals surface area contributed by atoms with Gasteiger partial charge in [0, 0.05) is 5.56 Å². The van der Waals surface area contributed by atoms with Crippen LogP contribution >= 0.6 is 0 Å². The lowest BCUT2D eigenvalue weighted by Crippen LogP contribution is -2.50. The van der Waals surface area contributed by atoms with E-state index in [1.807, 2.05) is 26.0 Å². The number of rotatable bonds is 1. The fraction of sp³-hybridized carbons (Fsp3) is 0.467. The number of benzene rings is 1. The predicted octanol–water partition coefficient (Wildman–Crippen LogP) is 2.52. The first-order valence-corrected chi connectivity index (χ1v) is 6.53.